The molecule has 1 aromatic heterocycles. The molecule has 3 aromatic rings. The largest absolute Gasteiger partial charge is 0.416 e. The third kappa shape index (κ3) is 3.49. The molecule has 0 bridgehead atoms. The van der Waals surface area contributed by atoms with Crippen molar-refractivity contribution in [2.45, 2.75) is 25.4 Å². The van der Waals surface area contributed by atoms with Crippen molar-refractivity contribution in [2.75, 3.05) is 11.4 Å². The Labute approximate surface area is 158 Å². The van der Waals surface area contributed by atoms with Gasteiger partial charge in [-0.3, -0.25) is 4.79 Å². The summed E-state index contributed by atoms with van der Waals surface area (Å²) in [4.78, 5) is 18.3. The molecule has 4 rings (SSSR count). The number of hydrogen-bond donors (Lipinski definition) is 0. The van der Waals surface area contributed by atoms with E-state index in [2.05, 4.69) is 10.1 Å². The number of hydrogen-bond acceptors (Lipinski definition) is 4. The molecule has 2 aromatic carbocycles. The molecule has 2 heterocycles. The number of benzene rings is 2. The maximum Gasteiger partial charge on any atom is 0.416 e. The SMILES string of the molecule is Cc1ccc(N2C[C@@H](c3nc(-c4ccc(C(F)(F)F)cc4)no3)CC2=O)cc1. The van der Waals surface area contributed by atoms with E-state index >= 15 is 0 Å². The van der Waals surface area contributed by atoms with Crippen molar-refractivity contribution in [3.05, 3.63) is 65.5 Å². The number of halogens is 3. The fourth-order valence-electron chi connectivity index (χ4n) is 3.17. The van der Waals surface area contributed by atoms with Crippen LogP contribution in [0.25, 0.3) is 11.4 Å². The van der Waals surface area contributed by atoms with Gasteiger partial charge >= 0.3 is 6.18 Å². The van der Waals surface area contributed by atoms with Gasteiger partial charge in [-0.15, -0.1) is 0 Å². The second-order valence-corrected chi connectivity index (χ2v) is 6.77. The number of anilines is 1. The minimum absolute atomic E-state index is 0.0388. The molecule has 28 heavy (non-hydrogen) atoms. The van der Waals surface area contributed by atoms with Crippen molar-refractivity contribution in [3.8, 4) is 11.4 Å². The van der Waals surface area contributed by atoms with Crippen molar-refractivity contribution in [3.63, 3.8) is 0 Å². The first-order valence-corrected chi connectivity index (χ1v) is 8.69. The molecule has 1 aliphatic heterocycles. The molecule has 144 valence electrons. The van der Waals surface area contributed by atoms with E-state index in [0.29, 0.717) is 18.0 Å². The van der Waals surface area contributed by atoms with Gasteiger partial charge in [-0.25, -0.2) is 0 Å². The molecule has 1 amide bonds. The van der Waals surface area contributed by atoms with Crippen LogP contribution in [0.1, 0.15) is 29.4 Å². The molecule has 0 N–H and O–H groups in total. The Balaban J connectivity index is 1.52. The molecule has 5 nitrogen and oxygen atoms in total. The van der Waals surface area contributed by atoms with Gasteiger partial charge in [0.25, 0.3) is 0 Å². The highest BCUT2D eigenvalue weighted by atomic mass is 19.4. The minimum atomic E-state index is -4.40. The molecule has 8 heteroatoms. The van der Waals surface area contributed by atoms with Crippen LogP contribution in [0.2, 0.25) is 0 Å². The van der Waals surface area contributed by atoms with Crippen molar-refractivity contribution < 1.29 is 22.5 Å². The number of carbonyl (C=O) groups excluding carboxylic acids is 1. The second kappa shape index (κ2) is 6.78. The van der Waals surface area contributed by atoms with Crippen LogP contribution in [-0.2, 0) is 11.0 Å². The van der Waals surface area contributed by atoms with Crippen molar-refractivity contribution in [2.24, 2.45) is 0 Å². The first-order valence-electron chi connectivity index (χ1n) is 8.69. The van der Waals surface area contributed by atoms with E-state index < -0.39 is 11.7 Å². The van der Waals surface area contributed by atoms with Crippen molar-refractivity contribution >= 4 is 11.6 Å². The lowest BCUT2D eigenvalue weighted by Crippen LogP contribution is -2.24. The smallest absolute Gasteiger partial charge is 0.339 e. The van der Waals surface area contributed by atoms with Crippen LogP contribution in [0, 0.1) is 6.92 Å². The minimum Gasteiger partial charge on any atom is -0.339 e. The van der Waals surface area contributed by atoms with Crippen LogP contribution in [0.15, 0.2) is 53.1 Å². The predicted molar refractivity (Wildman–Crippen MR) is 95.6 cm³/mol. The molecule has 1 fully saturated rings. The fraction of sp³-hybridized carbons (Fsp3) is 0.250. The summed E-state index contributed by atoms with van der Waals surface area (Å²) in [5, 5.41) is 3.86. The van der Waals surface area contributed by atoms with E-state index in [1.54, 1.807) is 4.90 Å². The lowest BCUT2D eigenvalue weighted by molar-refractivity contribution is -0.137. The van der Waals surface area contributed by atoms with E-state index in [4.69, 9.17) is 4.52 Å². The summed E-state index contributed by atoms with van der Waals surface area (Å²) in [5.41, 5.74) is 1.59. The van der Waals surface area contributed by atoms with E-state index in [-0.39, 0.29) is 24.1 Å². The van der Waals surface area contributed by atoms with Crippen LogP contribution in [0.4, 0.5) is 18.9 Å². The normalized spacial score (nSPS) is 17.4. The van der Waals surface area contributed by atoms with E-state index in [9.17, 15) is 18.0 Å². The Kier molecular flexibility index (Phi) is 4.41. The summed E-state index contributed by atoms with van der Waals surface area (Å²) in [6.45, 7) is 2.39. The number of amides is 1. The zero-order valence-corrected chi connectivity index (χ0v) is 14.9. The number of alkyl halides is 3. The van der Waals surface area contributed by atoms with Gasteiger partial charge in [0.1, 0.15) is 0 Å². The molecule has 1 saturated heterocycles. The molecule has 0 radical (unpaired) electrons. The van der Waals surface area contributed by atoms with Gasteiger partial charge in [0.05, 0.1) is 11.5 Å². The zero-order valence-electron chi connectivity index (χ0n) is 14.9. The van der Waals surface area contributed by atoms with Gasteiger partial charge in [-0.1, -0.05) is 35.0 Å². The van der Waals surface area contributed by atoms with Crippen LogP contribution < -0.4 is 4.90 Å². The summed E-state index contributed by atoms with van der Waals surface area (Å²) in [6.07, 6.45) is -4.16. The summed E-state index contributed by atoms with van der Waals surface area (Å²) in [6, 6.07) is 12.2. The highest BCUT2D eigenvalue weighted by Gasteiger charge is 2.35. The van der Waals surface area contributed by atoms with Gasteiger partial charge in [-0.2, -0.15) is 18.2 Å². The summed E-state index contributed by atoms with van der Waals surface area (Å²) in [7, 11) is 0. The average molecular weight is 387 g/mol. The molecule has 1 aliphatic rings. The zero-order chi connectivity index (χ0) is 19.9. The number of rotatable bonds is 3. The highest BCUT2D eigenvalue weighted by molar-refractivity contribution is 5.96. The number of carbonyl (C=O) groups is 1. The van der Waals surface area contributed by atoms with Crippen molar-refractivity contribution in [1.29, 1.82) is 0 Å². The molecular weight excluding hydrogens is 371 g/mol. The Morgan fingerprint density at radius 1 is 1.07 bits per heavy atom. The topological polar surface area (TPSA) is 59.2 Å². The maximum atomic E-state index is 12.7. The van der Waals surface area contributed by atoms with Gasteiger partial charge in [0, 0.05) is 24.2 Å². The lowest BCUT2D eigenvalue weighted by Gasteiger charge is -2.16. The van der Waals surface area contributed by atoms with Crippen molar-refractivity contribution in [1.82, 2.24) is 10.1 Å². The summed E-state index contributed by atoms with van der Waals surface area (Å²) < 4.78 is 43.3. The Morgan fingerprint density at radius 3 is 2.39 bits per heavy atom. The second-order valence-electron chi connectivity index (χ2n) is 6.77. The third-order valence-electron chi connectivity index (χ3n) is 4.73. The first-order chi connectivity index (χ1) is 13.3. The molecule has 1 atom stereocenters. The van der Waals surface area contributed by atoms with Gasteiger partial charge in [-0.05, 0) is 31.2 Å². The van der Waals surface area contributed by atoms with Crippen LogP contribution >= 0.6 is 0 Å². The number of aryl methyl sites for hydroxylation is 1. The van der Waals surface area contributed by atoms with E-state index in [1.807, 2.05) is 31.2 Å². The molecule has 0 spiro atoms. The van der Waals surface area contributed by atoms with Gasteiger partial charge in [0.2, 0.25) is 17.6 Å². The van der Waals surface area contributed by atoms with E-state index in [1.165, 1.54) is 12.1 Å². The summed E-state index contributed by atoms with van der Waals surface area (Å²) in [5.74, 6) is 0.204. The quantitative estimate of drug-likeness (QED) is 0.660. The Bertz CT molecular complexity index is 995. The molecule has 0 aliphatic carbocycles. The molecule has 0 saturated carbocycles. The van der Waals surface area contributed by atoms with E-state index in [0.717, 1.165) is 23.4 Å². The van der Waals surface area contributed by atoms with Crippen LogP contribution in [0.3, 0.4) is 0 Å². The van der Waals surface area contributed by atoms with Crippen LogP contribution in [-0.4, -0.2) is 22.6 Å². The first kappa shape index (κ1) is 18.2. The highest BCUT2D eigenvalue weighted by Crippen LogP contribution is 2.33. The number of aromatic nitrogens is 2. The van der Waals surface area contributed by atoms with Gasteiger partial charge in [0.15, 0.2) is 0 Å². The maximum absolute atomic E-state index is 12.7. The standard InChI is InChI=1S/C20H16F3N3O2/c1-12-2-8-16(9-3-12)26-11-14(10-17(26)27)19-24-18(25-28-19)13-4-6-15(7-5-13)20(21,22)23/h2-9,14H,10-11H2,1H3/t14-/m0/s1. The monoisotopic (exact) mass is 387 g/mol. The summed E-state index contributed by atoms with van der Waals surface area (Å²) >= 11 is 0. The third-order valence-corrected chi connectivity index (χ3v) is 4.73. The number of nitrogens with zero attached hydrogens (tertiary/aromatic N) is 3. The molecule has 0 unspecified atom stereocenters. The average Bonchev–Trinajstić information content (AvgIpc) is 3.29. The predicted octanol–water partition coefficient (Wildman–Crippen LogP) is 4.58. The van der Waals surface area contributed by atoms with Gasteiger partial charge < -0.3 is 9.42 Å². The fourth-order valence-corrected chi connectivity index (χ4v) is 3.17. The Morgan fingerprint density at radius 2 is 1.75 bits per heavy atom. The molecular formula is C20H16F3N3O2. The Hall–Kier alpha value is -3.16. The van der Waals surface area contributed by atoms with Crippen LogP contribution in [0.5, 0.6) is 0 Å². The lowest BCUT2D eigenvalue weighted by atomic mass is 10.1.